The van der Waals surface area contributed by atoms with E-state index < -0.39 is 12.1 Å². The number of allylic oxidation sites excluding steroid dienone is 2. The summed E-state index contributed by atoms with van der Waals surface area (Å²) >= 11 is 0. The van der Waals surface area contributed by atoms with E-state index in [0.29, 0.717) is 25.9 Å². The van der Waals surface area contributed by atoms with Crippen molar-refractivity contribution in [3.05, 3.63) is 12.2 Å². The number of hydrogen-bond acceptors (Lipinski definition) is 5. The molecule has 458 valence electrons. The van der Waals surface area contributed by atoms with E-state index in [0.717, 1.165) is 44.9 Å². The Hall–Kier alpha value is -1.40. The van der Waals surface area contributed by atoms with Gasteiger partial charge < -0.3 is 20.3 Å². The van der Waals surface area contributed by atoms with E-state index in [1.807, 2.05) is 0 Å². The second-order valence-electron chi connectivity index (χ2n) is 24.6. The highest BCUT2D eigenvalue weighted by Gasteiger charge is 2.20. The predicted octanol–water partition coefficient (Wildman–Crippen LogP) is 22.8. The zero-order valence-electron chi connectivity index (χ0n) is 52.5. The normalized spacial score (nSPS) is 12.5. The van der Waals surface area contributed by atoms with Crippen LogP contribution in [0.15, 0.2) is 12.2 Å². The summed E-state index contributed by atoms with van der Waals surface area (Å²) in [6, 6.07) is -0.542. The van der Waals surface area contributed by atoms with Crippen LogP contribution in [0.5, 0.6) is 0 Å². The number of ether oxygens (including phenoxy) is 1. The first-order valence-corrected chi connectivity index (χ1v) is 35.4. The first-order chi connectivity index (χ1) is 38.0. The number of unbranched alkanes of at least 4 members (excludes halogenated alkanes) is 54. The molecule has 2 atom stereocenters. The Labute approximate surface area is 482 Å². The van der Waals surface area contributed by atoms with Crippen molar-refractivity contribution in [2.45, 2.75) is 418 Å². The molecule has 0 radical (unpaired) electrons. The first kappa shape index (κ1) is 75.6. The number of carbonyl (C=O) groups excluding carboxylic acids is 2. The monoisotopic (exact) mass is 1090 g/mol. The second-order valence-corrected chi connectivity index (χ2v) is 24.6. The number of aliphatic hydroxyl groups excluding tert-OH is 2. The minimum atomic E-state index is -0.665. The van der Waals surface area contributed by atoms with Gasteiger partial charge in [0, 0.05) is 12.8 Å². The van der Waals surface area contributed by atoms with Gasteiger partial charge in [-0.2, -0.15) is 0 Å². The van der Waals surface area contributed by atoms with Crippen LogP contribution in [0.4, 0.5) is 0 Å². The molecule has 0 saturated carbocycles. The summed E-state index contributed by atoms with van der Waals surface area (Å²) in [5, 5.41) is 23.5. The largest absolute Gasteiger partial charge is 0.466 e. The number of rotatable bonds is 67. The average molecular weight is 1090 g/mol. The summed E-state index contributed by atoms with van der Waals surface area (Å²) in [7, 11) is 0. The molecule has 2 unspecified atom stereocenters. The highest BCUT2D eigenvalue weighted by Crippen LogP contribution is 2.19. The first-order valence-electron chi connectivity index (χ1n) is 35.4. The van der Waals surface area contributed by atoms with Gasteiger partial charge in [-0.3, -0.25) is 9.59 Å². The molecule has 0 heterocycles. The molecular formula is C71H139NO5. The highest BCUT2D eigenvalue weighted by molar-refractivity contribution is 5.76. The van der Waals surface area contributed by atoms with E-state index in [-0.39, 0.29) is 18.5 Å². The number of hydrogen-bond donors (Lipinski definition) is 3. The van der Waals surface area contributed by atoms with Crippen molar-refractivity contribution >= 4 is 11.9 Å². The van der Waals surface area contributed by atoms with Gasteiger partial charge in [-0.25, -0.2) is 0 Å². The highest BCUT2D eigenvalue weighted by atomic mass is 16.5. The fourth-order valence-electron chi connectivity index (χ4n) is 11.4. The van der Waals surface area contributed by atoms with Crippen LogP contribution in [0.3, 0.4) is 0 Å². The molecule has 0 fully saturated rings. The van der Waals surface area contributed by atoms with Gasteiger partial charge >= 0.3 is 5.97 Å². The zero-order chi connectivity index (χ0) is 55.7. The molecular weight excluding hydrogens is 947 g/mol. The molecule has 6 heteroatoms. The van der Waals surface area contributed by atoms with Crippen LogP contribution >= 0.6 is 0 Å². The van der Waals surface area contributed by atoms with Crippen LogP contribution in [0.2, 0.25) is 0 Å². The van der Waals surface area contributed by atoms with Crippen molar-refractivity contribution in [3.8, 4) is 0 Å². The van der Waals surface area contributed by atoms with Crippen LogP contribution in [-0.2, 0) is 14.3 Å². The lowest BCUT2D eigenvalue weighted by molar-refractivity contribution is -0.143. The van der Waals surface area contributed by atoms with Crippen molar-refractivity contribution in [1.29, 1.82) is 0 Å². The van der Waals surface area contributed by atoms with Crippen molar-refractivity contribution < 1.29 is 24.5 Å². The van der Waals surface area contributed by atoms with Crippen molar-refractivity contribution in [2.24, 2.45) is 0 Å². The van der Waals surface area contributed by atoms with Gasteiger partial charge in [0.15, 0.2) is 0 Å². The Balaban J connectivity index is 3.37. The molecule has 1 amide bonds. The second kappa shape index (κ2) is 67.1. The van der Waals surface area contributed by atoms with Crippen LogP contribution in [-0.4, -0.2) is 47.4 Å². The number of esters is 1. The van der Waals surface area contributed by atoms with Gasteiger partial charge in [-0.1, -0.05) is 353 Å². The minimum Gasteiger partial charge on any atom is -0.466 e. The number of carbonyl (C=O) groups is 2. The molecule has 6 nitrogen and oxygen atoms in total. The van der Waals surface area contributed by atoms with Gasteiger partial charge in [-0.15, -0.1) is 0 Å². The minimum absolute atomic E-state index is 0.00549. The summed E-state index contributed by atoms with van der Waals surface area (Å²) in [6.45, 7) is 4.97. The lowest BCUT2D eigenvalue weighted by Crippen LogP contribution is -2.45. The third-order valence-corrected chi connectivity index (χ3v) is 16.8. The Kier molecular flexibility index (Phi) is 65.9. The molecule has 0 aromatic heterocycles. The Bertz CT molecular complexity index is 1160. The Morgan fingerprint density at radius 3 is 0.948 bits per heavy atom. The quantitative estimate of drug-likeness (QED) is 0.0320. The molecule has 77 heavy (non-hydrogen) atoms. The van der Waals surface area contributed by atoms with Gasteiger partial charge in [-0.05, 0) is 51.4 Å². The molecule has 0 spiro atoms. The molecule has 0 aliphatic rings. The molecule has 0 aromatic carbocycles. The molecule has 0 bridgehead atoms. The molecule has 0 rings (SSSR count). The predicted molar refractivity (Wildman–Crippen MR) is 338 cm³/mol. The van der Waals surface area contributed by atoms with E-state index in [1.54, 1.807) is 0 Å². The summed E-state index contributed by atoms with van der Waals surface area (Å²) in [5.41, 5.74) is 0. The maximum atomic E-state index is 12.6. The number of aliphatic hydroxyl groups is 2. The van der Waals surface area contributed by atoms with E-state index in [1.165, 1.54) is 327 Å². The molecule has 0 aromatic rings. The van der Waals surface area contributed by atoms with E-state index >= 15 is 0 Å². The van der Waals surface area contributed by atoms with Gasteiger partial charge in [0.1, 0.15) is 0 Å². The topological polar surface area (TPSA) is 95.9 Å². The smallest absolute Gasteiger partial charge is 0.305 e. The van der Waals surface area contributed by atoms with Crippen molar-refractivity contribution in [1.82, 2.24) is 5.32 Å². The van der Waals surface area contributed by atoms with Crippen LogP contribution in [0.25, 0.3) is 0 Å². The summed E-state index contributed by atoms with van der Waals surface area (Å²) in [6.07, 6.45) is 82.6. The summed E-state index contributed by atoms with van der Waals surface area (Å²) < 4.78 is 5.47. The Morgan fingerprint density at radius 1 is 0.351 bits per heavy atom. The summed E-state index contributed by atoms with van der Waals surface area (Å²) in [4.78, 5) is 24.6. The van der Waals surface area contributed by atoms with Gasteiger partial charge in [0.05, 0.1) is 25.4 Å². The molecule has 0 saturated heterocycles. The van der Waals surface area contributed by atoms with Crippen molar-refractivity contribution in [2.75, 3.05) is 13.2 Å². The maximum absolute atomic E-state index is 12.6. The SMILES string of the molecule is CCCCC/C=C\CCCCCCCC(=O)OCCCCCCCCCCCCCCCCCCCCCCCCCC(=O)NC(CO)C(O)CCCCCCCCCCCCCCCCCCCCCCCCCCC. The van der Waals surface area contributed by atoms with E-state index in [4.69, 9.17) is 4.74 Å². The molecule has 0 aliphatic heterocycles. The van der Waals surface area contributed by atoms with Crippen LogP contribution in [0.1, 0.15) is 406 Å². The lowest BCUT2D eigenvalue weighted by Gasteiger charge is -2.22. The third kappa shape index (κ3) is 63.6. The molecule has 3 N–H and O–H groups in total. The van der Waals surface area contributed by atoms with Crippen LogP contribution < -0.4 is 5.32 Å². The summed E-state index contributed by atoms with van der Waals surface area (Å²) in [5.74, 6) is -0.0236. The van der Waals surface area contributed by atoms with Crippen molar-refractivity contribution in [3.63, 3.8) is 0 Å². The molecule has 0 aliphatic carbocycles. The van der Waals surface area contributed by atoms with Gasteiger partial charge in [0.2, 0.25) is 5.91 Å². The fourth-order valence-corrected chi connectivity index (χ4v) is 11.4. The lowest BCUT2D eigenvalue weighted by atomic mass is 10.0. The fraction of sp³-hybridized carbons (Fsp3) is 0.944. The standard InChI is InChI=1S/C71H139NO5/c1-3-5-7-9-11-13-15-17-18-19-20-21-22-23-25-28-31-34-37-40-43-47-51-55-59-63-69(74)68(67-73)72-70(75)64-60-56-52-48-44-41-38-35-32-29-26-24-27-30-33-36-39-42-46-50-54-58-62-66-77-71(76)65-61-57-53-49-45-16-14-12-10-8-6-4-2/h12,14,68-69,73-74H,3-11,13,15-67H2,1-2H3,(H,72,75)/b14-12-. The number of amides is 1. The number of nitrogens with one attached hydrogen (secondary N) is 1. The zero-order valence-corrected chi connectivity index (χ0v) is 52.5. The van der Waals surface area contributed by atoms with Gasteiger partial charge in [0.25, 0.3) is 0 Å². The van der Waals surface area contributed by atoms with E-state index in [2.05, 4.69) is 31.3 Å². The maximum Gasteiger partial charge on any atom is 0.305 e. The third-order valence-electron chi connectivity index (χ3n) is 16.8. The average Bonchev–Trinajstić information content (AvgIpc) is 3.43. The van der Waals surface area contributed by atoms with E-state index in [9.17, 15) is 19.8 Å². The van der Waals surface area contributed by atoms with Crippen LogP contribution in [0, 0.1) is 0 Å². The Morgan fingerprint density at radius 2 is 0.610 bits per heavy atom.